The van der Waals surface area contributed by atoms with Crippen LogP contribution in [0.1, 0.15) is 20.7 Å². The maximum Gasteiger partial charge on any atom is 0.258 e. The molecule has 2 amide bonds. The van der Waals surface area contributed by atoms with Crippen molar-refractivity contribution in [2.75, 3.05) is 20.2 Å². The van der Waals surface area contributed by atoms with Gasteiger partial charge in [0.1, 0.15) is 11.5 Å². The fourth-order valence-electron chi connectivity index (χ4n) is 3.10. The number of rotatable bonds is 2. The molecule has 0 aromatic heterocycles. The van der Waals surface area contributed by atoms with E-state index in [0.717, 1.165) is 0 Å². The van der Waals surface area contributed by atoms with E-state index in [2.05, 4.69) is 5.32 Å². The Morgan fingerprint density at radius 2 is 1.88 bits per heavy atom. The van der Waals surface area contributed by atoms with Crippen LogP contribution in [0.5, 0.6) is 11.5 Å². The first kappa shape index (κ1) is 14.6. The topological polar surface area (TPSA) is 67.9 Å². The second-order valence-corrected chi connectivity index (χ2v) is 5.91. The van der Waals surface area contributed by atoms with E-state index in [1.807, 2.05) is 12.1 Å². The molecule has 2 aromatic rings. The van der Waals surface area contributed by atoms with Gasteiger partial charge in [-0.2, -0.15) is 0 Å². The summed E-state index contributed by atoms with van der Waals surface area (Å²) in [5.41, 5.74) is 0.165. The molecule has 2 aliphatic heterocycles. The van der Waals surface area contributed by atoms with E-state index < -0.39 is 5.72 Å². The first-order valence-corrected chi connectivity index (χ1v) is 7.65. The van der Waals surface area contributed by atoms with Crippen molar-refractivity contribution in [3.8, 4) is 11.5 Å². The summed E-state index contributed by atoms with van der Waals surface area (Å²) in [5, 5.41) is 2.86. The zero-order chi connectivity index (χ0) is 16.7. The highest BCUT2D eigenvalue weighted by Gasteiger charge is 2.51. The van der Waals surface area contributed by atoms with Crippen LogP contribution in [-0.4, -0.2) is 42.6 Å². The standard InChI is InChI=1S/C18H16N2O4/c1-23-14-8-4-3-7-13(14)17(22)20-10-18(11-20)19-16(21)12-6-2-5-9-15(12)24-18/h2-9H,10-11H2,1H3,(H,19,21). The number of hydrogen-bond acceptors (Lipinski definition) is 4. The zero-order valence-corrected chi connectivity index (χ0v) is 13.1. The van der Waals surface area contributed by atoms with E-state index in [9.17, 15) is 9.59 Å². The van der Waals surface area contributed by atoms with Crippen molar-refractivity contribution >= 4 is 11.8 Å². The van der Waals surface area contributed by atoms with Crippen molar-refractivity contribution in [1.82, 2.24) is 10.2 Å². The second kappa shape index (κ2) is 5.26. The predicted molar refractivity (Wildman–Crippen MR) is 86.2 cm³/mol. The number of methoxy groups -OCH3 is 1. The van der Waals surface area contributed by atoms with Crippen molar-refractivity contribution in [2.24, 2.45) is 0 Å². The maximum absolute atomic E-state index is 12.6. The molecule has 0 saturated carbocycles. The minimum Gasteiger partial charge on any atom is -0.496 e. The average Bonchev–Trinajstić information content (AvgIpc) is 2.59. The smallest absolute Gasteiger partial charge is 0.258 e. The molecule has 0 unspecified atom stereocenters. The monoisotopic (exact) mass is 324 g/mol. The molecule has 6 heteroatoms. The van der Waals surface area contributed by atoms with Gasteiger partial charge in [-0.25, -0.2) is 0 Å². The predicted octanol–water partition coefficient (Wildman–Crippen LogP) is 1.67. The van der Waals surface area contributed by atoms with Crippen molar-refractivity contribution in [3.05, 3.63) is 59.7 Å². The third-order valence-electron chi connectivity index (χ3n) is 4.30. The van der Waals surface area contributed by atoms with Crippen LogP contribution >= 0.6 is 0 Å². The first-order valence-electron chi connectivity index (χ1n) is 7.65. The van der Waals surface area contributed by atoms with Gasteiger partial charge < -0.3 is 19.7 Å². The van der Waals surface area contributed by atoms with Gasteiger partial charge >= 0.3 is 0 Å². The highest BCUT2D eigenvalue weighted by Crippen LogP contribution is 2.34. The molecule has 4 rings (SSSR count). The number of para-hydroxylation sites is 2. The van der Waals surface area contributed by atoms with Gasteiger partial charge in [0, 0.05) is 0 Å². The minimum atomic E-state index is -0.844. The number of carbonyl (C=O) groups is 2. The Labute approximate surface area is 139 Å². The number of nitrogens with one attached hydrogen (secondary N) is 1. The molecule has 6 nitrogen and oxygen atoms in total. The Bertz CT molecular complexity index is 827. The Morgan fingerprint density at radius 3 is 2.67 bits per heavy atom. The number of carbonyl (C=O) groups excluding carboxylic acids is 2. The van der Waals surface area contributed by atoms with Crippen LogP contribution < -0.4 is 14.8 Å². The Morgan fingerprint density at radius 1 is 1.17 bits per heavy atom. The number of fused-ring (bicyclic) bond motifs is 1. The maximum atomic E-state index is 12.6. The quantitative estimate of drug-likeness (QED) is 0.912. The third kappa shape index (κ3) is 2.19. The van der Waals surface area contributed by atoms with Gasteiger partial charge in [0.05, 0.1) is 31.3 Å². The van der Waals surface area contributed by atoms with E-state index in [1.165, 1.54) is 7.11 Å². The van der Waals surface area contributed by atoms with E-state index >= 15 is 0 Å². The molecule has 122 valence electrons. The third-order valence-corrected chi connectivity index (χ3v) is 4.30. The number of hydrogen-bond donors (Lipinski definition) is 1. The summed E-state index contributed by atoms with van der Waals surface area (Å²) in [6.45, 7) is 0.591. The largest absolute Gasteiger partial charge is 0.496 e. The molecule has 1 fully saturated rings. The van der Waals surface area contributed by atoms with E-state index in [1.54, 1.807) is 41.3 Å². The van der Waals surface area contributed by atoms with Crippen molar-refractivity contribution in [2.45, 2.75) is 5.72 Å². The Kier molecular flexibility index (Phi) is 3.19. The molecule has 2 heterocycles. The lowest BCUT2D eigenvalue weighted by molar-refractivity contribution is -0.0829. The van der Waals surface area contributed by atoms with Gasteiger partial charge in [-0.1, -0.05) is 24.3 Å². The van der Waals surface area contributed by atoms with Crippen molar-refractivity contribution in [1.29, 1.82) is 0 Å². The van der Waals surface area contributed by atoms with Crippen LogP contribution in [-0.2, 0) is 0 Å². The molecule has 24 heavy (non-hydrogen) atoms. The highest BCUT2D eigenvalue weighted by molar-refractivity contribution is 6.00. The SMILES string of the molecule is COc1ccccc1C(=O)N1CC2(C1)NC(=O)c1ccccc1O2. The van der Waals surface area contributed by atoms with Crippen LogP contribution in [0.4, 0.5) is 0 Å². The summed E-state index contributed by atoms with van der Waals surface area (Å²) < 4.78 is 11.2. The lowest BCUT2D eigenvalue weighted by atomic mass is 9.98. The van der Waals surface area contributed by atoms with E-state index in [-0.39, 0.29) is 11.8 Å². The number of benzene rings is 2. The molecule has 2 aromatic carbocycles. The number of amides is 2. The molecule has 0 atom stereocenters. The van der Waals surface area contributed by atoms with Gasteiger partial charge in [0.2, 0.25) is 5.72 Å². The molecule has 0 aliphatic carbocycles. The fourth-order valence-corrected chi connectivity index (χ4v) is 3.10. The van der Waals surface area contributed by atoms with Gasteiger partial charge in [-0.15, -0.1) is 0 Å². The second-order valence-electron chi connectivity index (χ2n) is 5.91. The van der Waals surface area contributed by atoms with Gasteiger partial charge in [-0.3, -0.25) is 9.59 Å². The van der Waals surface area contributed by atoms with Crippen molar-refractivity contribution < 1.29 is 19.1 Å². The van der Waals surface area contributed by atoms with Crippen LogP contribution in [0.15, 0.2) is 48.5 Å². The van der Waals surface area contributed by atoms with Gasteiger partial charge in [-0.05, 0) is 24.3 Å². The summed E-state index contributed by atoms with van der Waals surface area (Å²) in [5.74, 6) is 0.754. The van der Waals surface area contributed by atoms with Gasteiger partial charge in [0.15, 0.2) is 0 Å². The molecule has 2 aliphatic rings. The Hall–Kier alpha value is -3.02. The van der Waals surface area contributed by atoms with Crippen LogP contribution in [0.3, 0.4) is 0 Å². The Balaban J connectivity index is 1.52. The zero-order valence-electron chi connectivity index (χ0n) is 13.1. The molecule has 1 saturated heterocycles. The van der Waals surface area contributed by atoms with E-state index in [4.69, 9.17) is 9.47 Å². The number of likely N-dealkylation sites (tertiary alicyclic amines) is 1. The summed E-state index contributed by atoms with van der Waals surface area (Å²) in [6.07, 6.45) is 0. The summed E-state index contributed by atoms with van der Waals surface area (Å²) in [7, 11) is 1.53. The highest BCUT2D eigenvalue weighted by atomic mass is 16.5. The van der Waals surface area contributed by atoms with Crippen LogP contribution in [0, 0.1) is 0 Å². The normalized spacial score (nSPS) is 17.4. The summed E-state index contributed by atoms with van der Waals surface area (Å²) in [6, 6.07) is 14.2. The van der Waals surface area contributed by atoms with Crippen LogP contribution in [0.25, 0.3) is 0 Å². The molecule has 1 N–H and O–H groups in total. The number of ether oxygens (including phenoxy) is 2. The lowest BCUT2D eigenvalue weighted by Crippen LogP contribution is -2.75. The minimum absolute atomic E-state index is 0.144. The molecular formula is C18H16N2O4. The summed E-state index contributed by atoms with van der Waals surface area (Å²) in [4.78, 5) is 26.5. The molecule has 1 spiro atoms. The summed E-state index contributed by atoms with van der Waals surface area (Å²) >= 11 is 0. The van der Waals surface area contributed by atoms with Crippen molar-refractivity contribution in [3.63, 3.8) is 0 Å². The molecule has 0 radical (unpaired) electrons. The van der Waals surface area contributed by atoms with Gasteiger partial charge in [0.25, 0.3) is 11.8 Å². The first-order chi connectivity index (χ1) is 11.6. The molecule has 0 bridgehead atoms. The fraction of sp³-hybridized carbons (Fsp3) is 0.222. The van der Waals surface area contributed by atoms with E-state index in [0.29, 0.717) is 35.7 Å². The average molecular weight is 324 g/mol. The lowest BCUT2D eigenvalue weighted by Gasteiger charge is -2.51. The van der Waals surface area contributed by atoms with Crippen LogP contribution in [0.2, 0.25) is 0 Å². The number of nitrogens with zero attached hydrogens (tertiary/aromatic N) is 1. The molecular weight excluding hydrogens is 308 g/mol.